The van der Waals surface area contributed by atoms with Crippen LogP contribution in [0.4, 0.5) is 0 Å². The van der Waals surface area contributed by atoms with Gasteiger partial charge >= 0.3 is 0 Å². The number of rotatable bonds is 4. The first-order valence-electron chi connectivity index (χ1n) is 8.47. The molecule has 0 spiro atoms. The van der Waals surface area contributed by atoms with Gasteiger partial charge < -0.3 is 5.11 Å². The average Bonchev–Trinajstić information content (AvgIpc) is 3.01. The number of nitrogens with zero attached hydrogens (tertiary/aromatic N) is 5. The van der Waals surface area contributed by atoms with Gasteiger partial charge in [-0.15, -0.1) is 0 Å². The summed E-state index contributed by atoms with van der Waals surface area (Å²) in [5, 5.41) is 19.5. The van der Waals surface area contributed by atoms with E-state index in [9.17, 15) is 9.90 Å². The first-order chi connectivity index (χ1) is 12.1. The van der Waals surface area contributed by atoms with Gasteiger partial charge in [0, 0.05) is 32.1 Å². The molecule has 0 aliphatic carbocycles. The lowest BCUT2D eigenvalue weighted by Crippen LogP contribution is -2.38. The van der Waals surface area contributed by atoms with Gasteiger partial charge in [-0.25, -0.2) is 4.68 Å². The van der Waals surface area contributed by atoms with E-state index in [2.05, 4.69) is 39.4 Å². The van der Waals surface area contributed by atoms with Crippen LogP contribution in [0, 0.1) is 0 Å². The second-order valence-corrected chi connectivity index (χ2v) is 6.61. The third kappa shape index (κ3) is 3.08. The molecule has 2 aromatic heterocycles. The molecule has 3 aromatic rings. The minimum Gasteiger partial charge on any atom is -0.390 e. The van der Waals surface area contributed by atoms with Gasteiger partial charge in [-0.3, -0.25) is 14.4 Å². The maximum absolute atomic E-state index is 12.3. The summed E-state index contributed by atoms with van der Waals surface area (Å²) in [4.78, 5) is 14.5. The average molecular weight is 339 g/mol. The van der Waals surface area contributed by atoms with E-state index in [0.29, 0.717) is 24.0 Å². The zero-order chi connectivity index (χ0) is 17.4. The Morgan fingerprint density at radius 1 is 1.16 bits per heavy atom. The van der Waals surface area contributed by atoms with Crippen LogP contribution in [0.1, 0.15) is 11.1 Å². The van der Waals surface area contributed by atoms with Gasteiger partial charge in [0.25, 0.3) is 5.56 Å². The molecule has 1 atom stereocenters. The van der Waals surface area contributed by atoms with E-state index in [4.69, 9.17) is 0 Å². The maximum atomic E-state index is 12.3. The van der Waals surface area contributed by atoms with E-state index in [0.717, 1.165) is 19.5 Å². The quantitative estimate of drug-likeness (QED) is 0.751. The largest absolute Gasteiger partial charge is 0.390 e. The summed E-state index contributed by atoms with van der Waals surface area (Å²) in [6.45, 7) is 2.63. The highest BCUT2D eigenvalue weighted by molar-refractivity contribution is 5.76. The summed E-state index contributed by atoms with van der Waals surface area (Å²) in [6, 6.07) is 8.44. The van der Waals surface area contributed by atoms with E-state index in [1.54, 1.807) is 24.1 Å². The first kappa shape index (κ1) is 16.0. The molecule has 7 nitrogen and oxygen atoms in total. The summed E-state index contributed by atoms with van der Waals surface area (Å²) in [5.74, 6) is 0. The lowest BCUT2D eigenvalue weighted by molar-refractivity contribution is 0.0899. The predicted octanol–water partition coefficient (Wildman–Crippen LogP) is 0.549. The Labute approximate surface area is 145 Å². The zero-order valence-electron chi connectivity index (χ0n) is 14.2. The van der Waals surface area contributed by atoms with Gasteiger partial charge in [-0.2, -0.15) is 10.2 Å². The molecule has 0 saturated heterocycles. The fraction of sp³-hybridized carbons (Fsp3) is 0.389. The molecule has 1 aliphatic heterocycles. The van der Waals surface area contributed by atoms with E-state index >= 15 is 0 Å². The molecule has 0 fully saturated rings. The molecule has 1 N–H and O–H groups in total. The smallest absolute Gasteiger partial charge is 0.292 e. The number of aliphatic hydroxyl groups excluding tert-OH is 1. The van der Waals surface area contributed by atoms with Gasteiger partial charge in [0.15, 0.2) is 0 Å². The highest BCUT2D eigenvalue weighted by Crippen LogP contribution is 2.18. The summed E-state index contributed by atoms with van der Waals surface area (Å²) in [5.41, 5.74) is 3.00. The van der Waals surface area contributed by atoms with Gasteiger partial charge in [-0.05, 0) is 17.5 Å². The predicted molar refractivity (Wildman–Crippen MR) is 94.2 cm³/mol. The summed E-state index contributed by atoms with van der Waals surface area (Å²) >= 11 is 0. The van der Waals surface area contributed by atoms with Crippen molar-refractivity contribution in [2.24, 2.45) is 7.05 Å². The Morgan fingerprint density at radius 3 is 2.76 bits per heavy atom. The molecule has 1 aromatic carbocycles. The first-order valence-corrected chi connectivity index (χ1v) is 8.47. The topological polar surface area (TPSA) is 76.2 Å². The van der Waals surface area contributed by atoms with Gasteiger partial charge in [0.05, 0.1) is 25.0 Å². The molecule has 3 heterocycles. The third-order valence-corrected chi connectivity index (χ3v) is 4.80. The van der Waals surface area contributed by atoms with Crippen LogP contribution in [0.2, 0.25) is 0 Å². The summed E-state index contributed by atoms with van der Waals surface area (Å²) in [6.07, 6.45) is 3.65. The number of aromatic nitrogens is 4. The number of hydrogen-bond donors (Lipinski definition) is 1. The summed E-state index contributed by atoms with van der Waals surface area (Å²) in [7, 11) is 1.61. The number of hydrogen-bond acceptors (Lipinski definition) is 5. The number of aliphatic hydroxyl groups is 1. The van der Waals surface area contributed by atoms with Crippen molar-refractivity contribution in [1.29, 1.82) is 0 Å². The molecular formula is C18H21N5O2. The molecule has 4 rings (SSSR count). The van der Waals surface area contributed by atoms with Crippen molar-refractivity contribution in [3.63, 3.8) is 0 Å². The second-order valence-electron chi connectivity index (χ2n) is 6.61. The monoisotopic (exact) mass is 339 g/mol. The van der Waals surface area contributed by atoms with Gasteiger partial charge in [-0.1, -0.05) is 24.3 Å². The van der Waals surface area contributed by atoms with Crippen LogP contribution < -0.4 is 5.56 Å². The molecule has 1 aliphatic rings. The van der Waals surface area contributed by atoms with Crippen LogP contribution in [-0.2, 0) is 26.6 Å². The van der Waals surface area contributed by atoms with E-state index in [-0.39, 0.29) is 5.56 Å². The van der Waals surface area contributed by atoms with Crippen molar-refractivity contribution in [3.05, 3.63) is 58.1 Å². The second kappa shape index (κ2) is 6.42. The Bertz CT molecular complexity index is 961. The SMILES string of the molecule is Cn1ncc2cnn(CC(O)CN3CCc4ccccc4C3)c2c1=O. The highest BCUT2D eigenvalue weighted by atomic mass is 16.3. The minimum atomic E-state index is -0.591. The maximum Gasteiger partial charge on any atom is 0.292 e. The van der Waals surface area contributed by atoms with Gasteiger partial charge in [0.2, 0.25) is 0 Å². The van der Waals surface area contributed by atoms with E-state index in [1.165, 1.54) is 15.8 Å². The fourth-order valence-electron chi connectivity index (χ4n) is 3.49. The lowest BCUT2D eigenvalue weighted by Gasteiger charge is -2.30. The standard InChI is InChI=1S/C18H21N5O2/c1-21-18(25)17-15(8-19-21)9-20-23(17)12-16(24)11-22-7-6-13-4-2-3-5-14(13)10-22/h2-5,8-9,16,24H,6-7,10-12H2,1H3. The van der Waals surface area contributed by atoms with Crippen molar-refractivity contribution >= 4 is 10.9 Å². The molecule has 1 unspecified atom stereocenters. The van der Waals surface area contributed by atoms with Crippen molar-refractivity contribution in [2.75, 3.05) is 13.1 Å². The molecule has 7 heteroatoms. The van der Waals surface area contributed by atoms with Crippen molar-refractivity contribution in [1.82, 2.24) is 24.5 Å². The molecule has 0 bridgehead atoms. The Morgan fingerprint density at radius 2 is 1.92 bits per heavy atom. The number of benzene rings is 1. The third-order valence-electron chi connectivity index (χ3n) is 4.80. The Balaban J connectivity index is 1.48. The lowest BCUT2D eigenvalue weighted by atomic mass is 10.00. The van der Waals surface area contributed by atoms with Crippen LogP contribution in [0.3, 0.4) is 0 Å². The number of β-amino-alcohol motifs (C(OH)–C–C–N with tert-alkyl or cyclic N) is 1. The normalized spacial score (nSPS) is 16.1. The fourth-order valence-corrected chi connectivity index (χ4v) is 3.49. The minimum absolute atomic E-state index is 0.200. The van der Waals surface area contributed by atoms with Crippen molar-refractivity contribution < 1.29 is 5.11 Å². The number of fused-ring (bicyclic) bond motifs is 2. The van der Waals surface area contributed by atoms with Crippen LogP contribution in [0.25, 0.3) is 10.9 Å². The molecule has 0 saturated carbocycles. The molecule has 0 radical (unpaired) electrons. The van der Waals surface area contributed by atoms with Crippen LogP contribution >= 0.6 is 0 Å². The van der Waals surface area contributed by atoms with Crippen LogP contribution in [0.15, 0.2) is 41.5 Å². The van der Waals surface area contributed by atoms with E-state index < -0.39 is 6.10 Å². The van der Waals surface area contributed by atoms with Crippen LogP contribution in [-0.4, -0.2) is 48.8 Å². The number of aryl methyl sites for hydroxylation is 1. The zero-order valence-corrected chi connectivity index (χ0v) is 14.2. The summed E-state index contributed by atoms with van der Waals surface area (Å²) < 4.78 is 2.87. The highest BCUT2D eigenvalue weighted by Gasteiger charge is 2.20. The Kier molecular flexibility index (Phi) is 4.10. The van der Waals surface area contributed by atoms with Gasteiger partial charge in [0.1, 0.15) is 5.52 Å². The van der Waals surface area contributed by atoms with Crippen molar-refractivity contribution in [3.8, 4) is 0 Å². The van der Waals surface area contributed by atoms with Crippen LogP contribution in [0.5, 0.6) is 0 Å². The van der Waals surface area contributed by atoms with E-state index in [1.807, 2.05) is 0 Å². The molecular weight excluding hydrogens is 318 g/mol. The molecule has 25 heavy (non-hydrogen) atoms. The Hall–Kier alpha value is -2.51. The van der Waals surface area contributed by atoms with Crippen molar-refractivity contribution in [2.45, 2.75) is 25.6 Å². The molecule has 130 valence electrons. The molecule has 0 amide bonds.